The van der Waals surface area contributed by atoms with Crippen molar-refractivity contribution in [2.75, 3.05) is 6.61 Å². The normalized spacial score (nSPS) is 16.1. The first-order valence-electron chi connectivity index (χ1n) is 6.52. The Morgan fingerprint density at radius 3 is 2.80 bits per heavy atom. The molecule has 0 saturated heterocycles. The molecule has 5 heteroatoms. The Bertz CT molecular complexity index is 562. The summed E-state index contributed by atoms with van der Waals surface area (Å²) in [6, 6.07) is 7.02. The van der Waals surface area contributed by atoms with Crippen LogP contribution < -0.4 is 0 Å². The summed E-state index contributed by atoms with van der Waals surface area (Å²) in [7, 11) is 0. The lowest BCUT2D eigenvalue weighted by molar-refractivity contribution is -0.137. The lowest BCUT2D eigenvalue weighted by Gasteiger charge is -2.08. The molecule has 106 valence electrons. The number of halogens is 1. The van der Waals surface area contributed by atoms with Crippen molar-refractivity contribution in [2.45, 2.75) is 25.8 Å². The number of nitrogens with zero attached hydrogens (tertiary/aromatic N) is 1. The minimum atomic E-state index is -0.602. The highest BCUT2D eigenvalue weighted by Crippen LogP contribution is 2.26. The van der Waals surface area contributed by atoms with Gasteiger partial charge in [-0.05, 0) is 31.9 Å². The fourth-order valence-corrected chi connectivity index (χ4v) is 1.85. The van der Waals surface area contributed by atoms with Crippen LogP contribution in [0.5, 0.6) is 0 Å². The quantitative estimate of drug-likeness (QED) is 0.392. The zero-order chi connectivity index (χ0) is 14.5. The Morgan fingerprint density at radius 2 is 2.20 bits per heavy atom. The van der Waals surface area contributed by atoms with Gasteiger partial charge in [0.2, 0.25) is 0 Å². The number of hydrogen-bond acceptors (Lipinski definition) is 4. The van der Waals surface area contributed by atoms with Gasteiger partial charge in [-0.1, -0.05) is 23.7 Å². The predicted molar refractivity (Wildman–Crippen MR) is 79.1 cm³/mol. The van der Waals surface area contributed by atoms with Gasteiger partial charge in [-0.15, -0.1) is 0 Å². The molecule has 0 heterocycles. The second-order valence-corrected chi connectivity index (χ2v) is 4.88. The average molecular weight is 294 g/mol. The Morgan fingerprint density at radius 1 is 1.50 bits per heavy atom. The van der Waals surface area contributed by atoms with Gasteiger partial charge in [0, 0.05) is 11.8 Å². The minimum absolute atomic E-state index is 0.0341. The molecule has 1 fully saturated rings. The van der Waals surface area contributed by atoms with Crippen LogP contribution in [0.1, 0.15) is 25.3 Å². The van der Waals surface area contributed by atoms with E-state index >= 15 is 0 Å². The molecule has 0 bridgehead atoms. The van der Waals surface area contributed by atoms with Crippen molar-refractivity contribution in [2.24, 2.45) is 4.99 Å². The molecule has 1 aromatic rings. The summed E-state index contributed by atoms with van der Waals surface area (Å²) in [4.78, 5) is 16.2. The van der Waals surface area contributed by atoms with Crippen LogP contribution in [0.4, 0.5) is 0 Å². The van der Waals surface area contributed by atoms with E-state index in [0.717, 1.165) is 12.8 Å². The third-order valence-corrected chi connectivity index (χ3v) is 3.17. The van der Waals surface area contributed by atoms with Gasteiger partial charge in [-0.2, -0.15) is 0 Å². The maximum Gasteiger partial charge on any atom is 0.343 e. The molecule has 0 unspecified atom stereocenters. The molecule has 0 atom stereocenters. The van der Waals surface area contributed by atoms with Crippen molar-refractivity contribution >= 4 is 29.5 Å². The third kappa shape index (κ3) is 3.61. The number of aliphatic hydroxyl groups excluding tert-OH is 1. The van der Waals surface area contributed by atoms with E-state index in [9.17, 15) is 9.90 Å². The highest BCUT2D eigenvalue weighted by Gasteiger charge is 2.22. The Kier molecular flexibility index (Phi) is 4.79. The SMILES string of the molecule is CCOC(=O)/C(C=NC1CC1)=C(/O)c1ccccc1Cl. The third-order valence-electron chi connectivity index (χ3n) is 2.84. The van der Waals surface area contributed by atoms with Crippen LogP contribution in [-0.4, -0.2) is 29.9 Å². The van der Waals surface area contributed by atoms with Crippen LogP contribution in [0, 0.1) is 0 Å². The first-order valence-corrected chi connectivity index (χ1v) is 6.89. The van der Waals surface area contributed by atoms with E-state index < -0.39 is 5.97 Å². The summed E-state index contributed by atoms with van der Waals surface area (Å²) in [5.74, 6) is -0.812. The Balaban J connectivity index is 2.38. The fourth-order valence-electron chi connectivity index (χ4n) is 1.62. The van der Waals surface area contributed by atoms with Crippen molar-refractivity contribution in [3.05, 3.63) is 40.4 Å². The lowest BCUT2D eigenvalue weighted by atomic mass is 10.1. The molecule has 20 heavy (non-hydrogen) atoms. The van der Waals surface area contributed by atoms with Crippen LogP contribution >= 0.6 is 11.6 Å². The number of rotatable bonds is 5. The van der Waals surface area contributed by atoms with Gasteiger partial charge in [0.25, 0.3) is 0 Å². The topological polar surface area (TPSA) is 58.9 Å². The molecule has 4 nitrogen and oxygen atoms in total. The molecule has 0 aliphatic heterocycles. The summed E-state index contributed by atoms with van der Waals surface area (Å²) in [6.07, 6.45) is 3.41. The molecule has 1 aliphatic carbocycles. The van der Waals surface area contributed by atoms with E-state index in [-0.39, 0.29) is 24.0 Å². The summed E-state index contributed by atoms with van der Waals surface area (Å²) >= 11 is 6.03. The van der Waals surface area contributed by atoms with E-state index in [1.807, 2.05) is 0 Å². The zero-order valence-electron chi connectivity index (χ0n) is 11.2. The molecule has 0 spiro atoms. The number of carbonyl (C=O) groups excluding carboxylic acids is 1. The van der Waals surface area contributed by atoms with Crippen LogP contribution in [0.25, 0.3) is 5.76 Å². The minimum Gasteiger partial charge on any atom is -0.506 e. The number of benzene rings is 1. The van der Waals surface area contributed by atoms with E-state index in [1.165, 1.54) is 6.21 Å². The van der Waals surface area contributed by atoms with Crippen molar-refractivity contribution in [1.29, 1.82) is 0 Å². The lowest BCUT2D eigenvalue weighted by Crippen LogP contribution is -2.11. The molecule has 2 rings (SSSR count). The maximum atomic E-state index is 11.9. The van der Waals surface area contributed by atoms with Gasteiger partial charge in [-0.25, -0.2) is 4.79 Å². The molecule has 1 N–H and O–H groups in total. The van der Waals surface area contributed by atoms with Gasteiger partial charge in [0.15, 0.2) is 0 Å². The standard InChI is InChI=1S/C15H16ClNO3/c1-2-20-15(19)12(9-17-10-7-8-10)14(18)11-5-3-4-6-13(11)16/h3-6,9-10,18H,2,7-8H2,1H3/b14-12+,17-9?. The number of hydrogen-bond donors (Lipinski definition) is 1. The highest BCUT2D eigenvalue weighted by molar-refractivity contribution is 6.32. The van der Waals surface area contributed by atoms with Gasteiger partial charge >= 0.3 is 5.97 Å². The smallest absolute Gasteiger partial charge is 0.343 e. The van der Waals surface area contributed by atoms with E-state index in [4.69, 9.17) is 16.3 Å². The van der Waals surface area contributed by atoms with E-state index in [1.54, 1.807) is 31.2 Å². The van der Waals surface area contributed by atoms with Crippen molar-refractivity contribution in [3.8, 4) is 0 Å². The Hall–Kier alpha value is -1.81. The van der Waals surface area contributed by atoms with Gasteiger partial charge < -0.3 is 9.84 Å². The van der Waals surface area contributed by atoms with Crippen molar-refractivity contribution in [1.82, 2.24) is 0 Å². The Labute approximate surface area is 122 Å². The highest BCUT2D eigenvalue weighted by atomic mass is 35.5. The molecular formula is C15H16ClNO3. The molecule has 1 aliphatic rings. The van der Waals surface area contributed by atoms with E-state index in [2.05, 4.69) is 4.99 Å². The van der Waals surface area contributed by atoms with Crippen LogP contribution in [0.3, 0.4) is 0 Å². The second kappa shape index (κ2) is 6.57. The van der Waals surface area contributed by atoms with Crippen molar-refractivity contribution in [3.63, 3.8) is 0 Å². The number of ether oxygens (including phenoxy) is 1. The van der Waals surface area contributed by atoms with Crippen LogP contribution in [0.2, 0.25) is 5.02 Å². The summed E-state index contributed by atoms with van der Waals surface area (Å²) in [5, 5.41) is 10.7. The summed E-state index contributed by atoms with van der Waals surface area (Å²) in [5.41, 5.74) is 0.423. The van der Waals surface area contributed by atoms with Crippen LogP contribution in [0.15, 0.2) is 34.8 Å². The molecule has 0 aromatic heterocycles. The average Bonchev–Trinajstić information content (AvgIpc) is 3.23. The van der Waals surface area contributed by atoms with Gasteiger partial charge in [0.1, 0.15) is 11.3 Å². The number of esters is 1. The first-order chi connectivity index (χ1) is 9.63. The van der Waals surface area contributed by atoms with Crippen LogP contribution in [-0.2, 0) is 9.53 Å². The molecule has 1 aromatic carbocycles. The van der Waals surface area contributed by atoms with E-state index in [0.29, 0.717) is 10.6 Å². The number of aliphatic imine (C=N–C) groups is 1. The largest absolute Gasteiger partial charge is 0.506 e. The molecule has 0 radical (unpaired) electrons. The molecule has 0 amide bonds. The monoisotopic (exact) mass is 293 g/mol. The molecular weight excluding hydrogens is 278 g/mol. The van der Waals surface area contributed by atoms with Gasteiger partial charge in [0.05, 0.1) is 17.7 Å². The predicted octanol–water partition coefficient (Wildman–Crippen LogP) is 3.41. The number of carbonyl (C=O) groups is 1. The summed E-state index contributed by atoms with van der Waals surface area (Å²) < 4.78 is 4.95. The zero-order valence-corrected chi connectivity index (χ0v) is 11.9. The molecule has 1 saturated carbocycles. The summed E-state index contributed by atoms with van der Waals surface area (Å²) in [6.45, 7) is 1.94. The maximum absolute atomic E-state index is 11.9. The fraction of sp³-hybridized carbons (Fsp3) is 0.333. The first kappa shape index (κ1) is 14.6. The second-order valence-electron chi connectivity index (χ2n) is 4.47. The van der Waals surface area contributed by atoms with Gasteiger partial charge in [-0.3, -0.25) is 4.99 Å². The number of aliphatic hydroxyl groups is 1. The van der Waals surface area contributed by atoms with Crippen molar-refractivity contribution < 1.29 is 14.6 Å².